The van der Waals surface area contributed by atoms with E-state index in [2.05, 4.69) is 35.6 Å². The van der Waals surface area contributed by atoms with Gasteiger partial charge in [0, 0.05) is 38.4 Å². The molecule has 0 unspecified atom stereocenters. The molecule has 0 amide bonds. The normalized spacial score (nSPS) is 11.1. The van der Waals surface area contributed by atoms with Gasteiger partial charge in [-0.3, -0.25) is 9.36 Å². The summed E-state index contributed by atoms with van der Waals surface area (Å²) in [7, 11) is 1.98. The van der Waals surface area contributed by atoms with Crippen LogP contribution in [-0.2, 0) is 26.7 Å². The summed E-state index contributed by atoms with van der Waals surface area (Å²) >= 11 is 0. The monoisotopic (exact) mass is 247 g/mol. The Morgan fingerprint density at radius 1 is 1.22 bits per heavy atom. The summed E-state index contributed by atoms with van der Waals surface area (Å²) in [5, 5.41) is 12.0. The summed E-state index contributed by atoms with van der Waals surface area (Å²) in [6, 6.07) is 0. The zero-order chi connectivity index (χ0) is 13.0. The van der Waals surface area contributed by atoms with Crippen molar-refractivity contribution >= 4 is 0 Å². The zero-order valence-corrected chi connectivity index (χ0v) is 11.3. The smallest absolute Gasteiger partial charge is 0.0547 e. The average Bonchev–Trinajstić information content (AvgIpc) is 2.91. The van der Waals surface area contributed by atoms with E-state index in [-0.39, 0.29) is 0 Å². The molecule has 0 aromatic carbocycles. The van der Waals surface area contributed by atoms with Crippen molar-refractivity contribution in [2.75, 3.05) is 0 Å². The fourth-order valence-electron chi connectivity index (χ4n) is 2.00. The van der Waals surface area contributed by atoms with Gasteiger partial charge in [-0.05, 0) is 18.9 Å². The van der Waals surface area contributed by atoms with Gasteiger partial charge in [0.05, 0.1) is 18.1 Å². The molecule has 18 heavy (non-hydrogen) atoms. The van der Waals surface area contributed by atoms with Crippen LogP contribution in [0.15, 0.2) is 18.6 Å². The lowest BCUT2D eigenvalue weighted by Gasteiger charge is -2.05. The molecule has 0 spiro atoms. The summed E-state index contributed by atoms with van der Waals surface area (Å²) < 4.78 is 3.91. The van der Waals surface area contributed by atoms with Crippen molar-refractivity contribution in [1.29, 1.82) is 0 Å². The summed E-state index contributed by atoms with van der Waals surface area (Å²) in [4.78, 5) is 0. The minimum absolute atomic E-state index is 0.835. The van der Waals surface area contributed by atoms with Gasteiger partial charge < -0.3 is 5.32 Å². The average molecular weight is 247 g/mol. The van der Waals surface area contributed by atoms with Crippen molar-refractivity contribution < 1.29 is 0 Å². The Labute approximate surface area is 108 Å². The van der Waals surface area contributed by atoms with E-state index in [1.807, 2.05) is 28.8 Å². The second-order valence-corrected chi connectivity index (χ2v) is 4.61. The molecule has 98 valence electrons. The number of hydrogen-bond acceptors (Lipinski definition) is 3. The highest BCUT2D eigenvalue weighted by atomic mass is 15.3. The molecule has 5 nitrogen and oxygen atoms in total. The molecule has 0 aliphatic heterocycles. The van der Waals surface area contributed by atoms with E-state index in [4.69, 9.17) is 0 Å². The lowest BCUT2D eigenvalue weighted by Crippen LogP contribution is -2.15. The first-order valence-electron chi connectivity index (χ1n) is 6.40. The van der Waals surface area contributed by atoms with Gasteiger partial charge >= 0.3 is 0 Å². The summed E-state index contributed by atoms with van der Waals surface area (Å²) in [5.41, 5.74) is 3.69. The third-order valence-electron chi connectivity index (χ3n) is 3.03. The summed E-state index contributed by atoms with van der Waals surface area (Å²) in [6.07, 6.45) is 7.05. The number of hydrogen-bond donors (Lipinski definition) is 1. The fraction of sp³-hybridized carbons (Fsp3) is 0.538. The van der Waals surface area contributed by atoms with Crippen molar-refractivity contribution in [3.63, 3.8) is 0 Å². The maximum atomic E-state index is 4.32. The molecule has 0 bridgehead atoms. The highest BCUT2D eigenvalue weighted by molar-refractivity contribution is 5.15. The van der Waals surface area contributed by atoms with Crippen molar-refractivity contribution in [2.45, 2.75) is 39.9 Å². The molecule has 0 fully saturated rings. The predicted molar refractivity (Wildman–Crippen MR) is 71.0 cm³/mol. The Balaban J connectivity index is 1.84. The molecule has 0 atom stereocenters. The van der Waals surface area contributed by atoms with Gasteiger partial charge in [0.25, 0.3) is 0 Å². The molecule has 1 N–H and O–H groups in total. The molecular formula is C13H21N5. The zero-order valence-electron chi connectivity index (χ0n) is 11.3. The molecular weight excluding hydrogens is 226 g/mol. The lowest BCUT2D eigenvalue weighted by molar-refractivity contribution is 0.599. The third kappa shape index (κ3) is 2.98. The number of nitrogens with one attached hydrogen (secondary N) is 1. The maximum absolute atomic E-state index is 4.32. The van der Waals surface area contributed by atoms with E-state index in [0.717, 1.165) is 26.1 Å². The van der Waals surface area contributed by atoms with Crippen LogP contribution in [0, 0.1) is 6.92 Å². The second-order valence-electron chi connectivity index (χ2n) is 4.61. The minimum atomic E-state index is 0.835. The summed E-state index contributed by atoms with van der Waals surface area (Å²) in [5.74, 6) is 0. The van der Waals surface area contributed by atoms with Gasteiger partial charge in [0.2, 0.25) is 0 Å². The van der Waals surface area contributed by atoms with Crippen LogP contribution in [0.2, 0.25) is 0 Å². The Morgan fingerprint density at radius 3 is 2.72 bits per heavy atom. The molecule has 2 heterocycles. The molecule has 0 saturated heterocycles. The van der Waals surface area contributed by atoms with Crippen LogP contribution in [0.3, 0.4) is 0 Å². The van der Waals surface area contributed by atoms with E-state index >= 15 is 0 Å². The van der Waals surface area contributed by atoms with Crippen molar-refractivity contribution in [3.05, 3.63) is 35.4 Å². The van der Waals surface area contributed by atoms with Gasteiger partial charge in [0.15, 0.2) is 0 Å². The van der Waals surface area contributed by atoms with Gasteiger partial charge in [0.1, 0.15) is 0 Å². The lowest BCUT2D eigenvalue weighted by atomic mass is 10.2. The number of nitrogens with zero attached hydrogens (tertiary/aromatic N) is 4. The molecule has 5 heteroatoms. The molecule has 2 aromatic heterocycles. The van der Waals surface area contributed by atoms with Crippen LogP contribution in [0.4, 0.5) is 0 Å². The van der Waals surface area contributed by atoms with Crippen LogP contribution < -0.4 is 5.32 Å². The first-order valence-corrected chi connectivity index (χ1v) is 6.40. The van der Waals surface area contributed by atoms with Crippen molar-refractivity contribution in [2.24, 2.45) is 7.05 Å². The van der Waals surface area contributed by atoms with Crippen molar-refractivity contribution in [3.8, 4) is 0 Å². The highest BCUT2D eigenvalue weighted by Crippen LogP contribution is 2.05. The minimum Gasteiger partial charge on any atom is -0.307 e. The van der Waals surface area contributed by atoms with E-state index in [0.29, 0.717) is 0 Å². The first kappa shape index (κ1) is 12.8. The number of aromatic nitrogens is 4. The predicted octanol–water partition coefficient (Wildman–Crippen LogP) is 1.62. The molecule has 0 aliphatic carbocycles. The SMILES string of the molecule is CCCn1cc(CNCc2c(C)cnn2C)cn1. The Hall–Kier alpha value is -1.62. The number of aryl methyl sites for hydroxylation is 3. The Morgan fingerprint density at radius 2 is 2.06 bits per heavy atom. The van der Waals surface area contributed by atoms with E-state index < -0.39 is 0 Å². The molecule has 0 aliphatic rings. The Bertz CT molecular complexity index is 478. The molecule has 0 radical (unpaired) electrons. The van der Waals surface area contributed by atoms with E-state index in [1.165, 1.54) is 16.8 Å². The van der Waals surface area contributed by atoms with Crippen LogP contribution in [-0.4, -0.2) is 19.6 Å². The van der Waals surface area contributed by atoms with Crippen LogP contribution in [0.1, 0.15) is 30.2 Å². The maximum Gasteiger partial charge on any atom is 0.0547 e. The van der Waals surface area contributed by atoms with Crippen molar-refractivity contribution in [1.82, 2.24) is 24.9 Å². The molecule has 2 aromatic rings. The first-order chi connectivity index (χ1) is 8.70. The topological polar surface area (TPSA) is 47.7 Å². The van der Waals surface area contributed by atoms with Gasteiger partial charge in [-0.1, -0.05) is 6.92 Å². The summed E-state index contributed by atoms with van der Waals surface area (Å²) in [6.45, 7) is 6.91. The quantitative estimate of drug-likeness (QED) is 0.844. The third-order valence-corrected chi connectivity index (χ3v) is 3.03. The molecule has 2 rings (SSSR count). The van der Waals surface area contributed by atoms with Crippen LogP contribution in [0.5, 0.6) is 0 Å². The second kappa shape index (κ2) is 5.82. The number of rotatable bonds is 6. The highest BCUT2D eigenvalue weighted by Gasteiger charge is 2.04. The van der Waals surface area contributed by atoms with E-state index in [9.17, 15) is 0 Å². The van der Waals surface area contributed by atoms with Crippen LogP contribution >= 0.6 is 0 Å². The molecule has 0 saturated carbocycles. The van der Waals surface area contributed by atoms with Gasteiger partial charge in [-0.25, -0.2) is 0 Å². The largest absolute Gasteiger partial charge is 0.307 e. The van der Waals surface area contributed by atoms with E-state index in [1.54, 1.807) is 0 Å². The Kier molecular flexibility index (Phi) is 4.15. The standard InChI is InChI=1S/C13H21N5/c1-4-5-18-10-12(8-16-18)7-14-9-13-11(2)6-15-17(13)3/h6,8,10,14H,4-5,7,9H2,1-3H3. The fourth-order valence-corrected chi connectivity index (χ4v) is 2.00. The van der Waals surface area contributed by atoms with Crippen LogP contribution in [0.25, 0.3) is 0 Å². The van der Waals surface area contributed by atoms with Gasteiger partial charge in [-0.15, -0.1) is 0 Å². The van der Waals surface area contributed by atoms with Gasteiger partial charge in [-0.2, -0.15) is 10.2 Å².